The maximum atomic E-state index is 12.3. The quantitative estimate of drug-likeness (QED) is 0.708. The predicted molar refractivity (Wildman–Crippen MR) is 91.5 cm³/mol. The number of nitrogens with one attached hydrogen (secondary N) is 2. The standard InChI is InChI=1S/C16H26N2O4S/c1-6-7-11(2)17-14-9-8-12(10-13(14)15(19)20)23(21,22)18-16(3,4)5/h8-11,17-18H,6-7H2,1-5H3,(H,19,20)/t11-/m1/s1. The summed E-state index contributed by atoms with van der Waals surface area (Å²) in [6.07, 6.45) is 1.86. The molecule has 0 fully saturated rings. The third-order valence-electron chi connectivity index (χ3n) is 3.10. The molecule has 3 N–H and O–H groups in total. The van der Waals surface area contributed by atoms with Crippen LogP contribution in [-0.2, 0) is 10.0 Å². The number of benzene rings is 1. The number of aromatic carboxylic acids is 1. The van der Waals surface area contributed by atoms with Crippen LogP contribution in [0.1, 0.15) is 57.8 Å². The van der Waals surface area contributed by atoms with Gasteiger partial charge in [-0.1, -0.05) is 13.3 Å². The van der Waals surface area contributed by atoms with Crippen molar-refractivity contribution in [3.8, 4) is 0 Å². The molecule has 0 bridgehead atoms. The fourth-order valence-corrected chi connectivity index (χ4v) is 3.67. The summed E-state index contributed by atoms with van der Waals surface area (Å²) in [6, 6.07) is 4.22. The number of carbonyl (C=O) groups is 1. The highest BCUT2D eigenvalue weighted by Gasteiger charge is 2.24. The van der Waals surface area contributed by atoms with E-state index in [4.69, 9.17) is 0 Å². The van der Waals surface area contributed by atoms with Crippen molar-refractivity contribution >= 4 is 21.7 Å². The molecule has 7 heteroatoms. The number of carboxylic acid groups (broad SMARTS) is 1. The number of sulfonamides is 1. The average molecular weight is 342 g/mol. The zero-order chi connectivity index (χ0) is 17.8. The molecule has 1 rings (SSSR count). The average Bonchev–Trinajstić information content (AvgIpc) is 2.35. The molecular weight excluding hydrogens is 316 g/mol. The van der Waals surface area contributed by atoms with Gasteiger partial charge < -0.3 is 10.4 Å². The van der Waals surface area contributed by atoms with Gasteiger partial charge in [-0.2, -0.15) is 0 Å². The molecule has 0 aliphatic heterocycles. The largest absolute Gasteiger partial charge is 0.478 e. The molecule has 0 aromatic heterocycles. The smallest absolute Gasteiger partial charge is 0.337 e. The van der Waals surface area contributed by atoms with Crippen LogP contribution in [0.15, 0.2) is 23.1 Å². The molecule has 130 valence electrons. The lowest BCUT2D eigenvalue weighted by atomic mass is 10.1. The van der Waals surface area contributed by atoms with E-state index in [1.165, 1.54) is 18.2 Å². The molecule has 0 saturated carbocycles. The molecule has 1 aromatic carbocycles. The van der Waals surface area contributed by atoms with Gasteiger partial charge >= 0.3 is 5.97 Å². The number of rotatable bonds is 7. The van der Waals surface area contributed by atoms with E-state index in [0.717, 1.165) is 12.8 Å². The topological polar surface area (TPSA) is 95.5 Å². The van der Waals surface area contributed by atoms with E-state index in [9.17, 15) is 18.3 Å². The molecule has 0 aliphatic rings. The molecule has 6 nitrogen and oxygen atoms in total. The highest BCUT2D eigenvalue weighted by atomic mass is 32.2. The molecule has 0 amide bonds. The fraction of sp³-hybridized carbons (Fsp3) is 0.562. The van der Waals surface area contributed by atoms with Crippen molar-refractivity contribution in [2.75, 3.05) is 5.32 Å². The van der Waals surface area contributed by atoms with Crippen molar-refractivity contribution in [2.45, 2.75) is 63.9 Å². The first-order chi connectivity index (χ1) is 10.5. The van der Waals surface area contributed by atoms with Crippen molar-refractivity contribution in [3.05, 3.63) is 23.8 Å². The number of anilines is 1. The van der Waals surface area contributed by atoms with Gasteiger partial charge in [0.1, 0.15) is 0 Å². The van der Waals surface area contributed by atoms with Gasteiger partial charge in [0.15, 0.2) is 0 Å². The SMILES string of the molecule is CCC[C@@H](C)Nc1ccc(S(=O)(=O)NC(C)(C)C)cc1C(=O)O. The second-order valence-corrected chi connectivity index (χ2v) is 8.38. The summed E-state index contributed by atoms with van der Waals surface area (Å²) in [5.74, 6) is -1.16. The Morgan fingerprint density at radius 3 is 2.39 bits per heavy atom. The summed E-state index contributed by atoms with van der Waals surface area (Å²) in [6.45, 7) is 9.19. The van der Waals surface area contributed by atoms with Crippen molar-refractivity contribution < 1.29 is 18.3 Å². The summed E-state index contributed by atoms with van der Waals surface area (Å²) in [5.41, 5.74) is -0.271. The van der Waals surface area contributed by atoms with Gasteiger partial charge in [-0.05, 0) is 52.3 Å². The van der Waals surface area contributed by atoms with Crippen LogP contribution >= 0.6 is 0 Å². The van der Waals surface area contributed by atoms with E-state index in [1.54, 1.807) is 20.8 Å². The summed E-state index contributed by atoms with van der Waals surface area (Å²) in [4.78, 5) is 11.4. The van der Waals surface area contributed by atoms with Crippen molar-refractivity contribution in [1.82, 2.24) is 4.72 Å². The molecule has 0 spiro atoms. The van der Waals surface area contributed by atoms with Crippen LogP contribution in [0.4, 0.5) is 5.69 Å². The Kier molecular flexibility index (Phi) is 6.18. The maximum Gasteiger partial charge on any atom is 0.337 e. The van der Waals surface area contributed by atoms with Crippen LogP contribution in [0.5, 0.6) is 0 Å². The minimum atomic E-state index is -3.77. The highest BCUT2D eigenvalue weighted by molar-refractivity contribution is 7.89. The summed E-state index contributed by atoms with van der Waals surface area (Å²) in [5, 5.41) is 12.5. The fourth-order valence-electron chi connectivity index (χ4n) is 2.23. The van der Waals surface area contributed by atoms with Gasteiger partial charge in [-0.15, -0.1) is 0 Å². The molecule has 0 heterocycles. The summed E-state index contributed by atoms with van der Waals surface area (Å²) < 4.78 is 27.2. The van der Waals surface area contributed by atoms with E-state index in [0.29, 0.717) is 5.69 Å². The Labute approximate surface area is 138 Å². The lowest BCUT2D eigenvalue weighted by molar-refractivity contribution is 0.0697. The second kappa shape index (κ2) is 7.31. The third-order valence-corrected chi connectivity index (χ3v) is 4.85. The van der Waals surface area contributed by atoms with Gasteiger partial charge in [0.2, 0.25) is 10.0 Å². The highest BCUT2D eigenvalue weighted by Crippen LogP contribution is 2.23. The van der Waals surface area contributed by atoms with Crippen molar-refractivity contribution in [1.29, 1.82) is 0 Å². The van der Waals surface area contributed by atoms with Gasteiger partial charge in [0.25, 0.3) is 0 Å². The van der Waals surface area contributed by atoms with Crippen molar-refractivity contribution in [3.63, 3.8) is 0 Å². The van der Waals surface area contributed by atoms with Crippen LogP contribution in [-0.4, -0.2) is 31.1 Å². The van der Waals surface area contributed by atoms with E-state index >= 15 is 0 Å². The van der Waals surface area contributed by atoms with Gasteiger partial charge in [-0.25, -0.2) is 17.9 Å². The van der Waals surface area contributed by atoms with Crippen LogP contribution in [0.2, 0.25) is 0 Å². The van der Waals surface area contributed by atoms with E-state index < -0.39 is 21.5 Å². The second-order valence-electron chi connectivity index (χ2n) is 6.70. The zero-order valence-corrected chi connectivity index (χ0v) is 15.1. The first-order valence-corrected chi connectivity index (χ1v) is 9.12. The Hall–Kier alpha value is -1.60. The maximum absolute atomic E-state index is 12.3. The van der Waals surface area contributed by atoms with E-state index in [-0.39, 0.29) is 16.5 Å². The molecule has 0 unspecified atom stereocenters. The van der Waals surface area contributed by atoms with Crippen molar-refractivity contribution in [2.24, 2.45) is 0 Å². The summed E-state index contributed by atoms with van der Waals surface area (Å²) >= 11 is 0. The lowest BCUT2D eigenvalue weighted by Gasteiger charge is -2.21. The lowest BCUT2D eigenvalue weighted by Crippen LogP contribution is -2.40. The molecule has 1 aromatic rings. The minimum Gasteiger partial charge on any atom is -0.478 e. The van der Waals surface area contributed by atoms with E-state index in [1.807, 2.05) is 13.8 Å². The third kappa shape index (κ3) is 5.84. The van der Waals surface area contributed by atoms with Gasteiger partial charge in [0, 0.05) is 17.3 Å². The number of hydrogen-bond donors (Lipinski definition) is 3. The number of carboxylic acids is 1. The minimum absolute atomic E-state index is 0.0512. The van der Waals surface area contributed by atoms with Gasteiger partial charge in [0.05, 0.1) is 10.5 Å². The molecule has 0 radical (unpaired) electrons. The first-order valence-electron chi connectivity index (χ1n) is 7.64. The molecule has 23 heavy (non-hydrogen) atoms. The molecule has 0 aliphatic carbocycles. The Balaban J connectivity index is 3.21. The number of hydrogen-bond acceptors (Lipinski definition) is 4. The van der Waals surface area contributed by atoms with Gasteiger partial charge in [-0.3, -0.25) is 0 Å². The molecular formula is C16H26N2O4S. The van der Waals surface area contributed by atoms with Crippen LogP contribution in [0, 0.1) is 0 Å². The zero-order valence-electron chi connectivity index (χ0n) is 14.3. The summed E-state index contributed by atoms with van der Waals surface area (Å²) in [7, 11) is -3.77. The van der Waals surface area contributed by atoms with E-state index in [2.05, 4.69) is 10.0 Å². The monoisotopic (exact) mass is 342 g/mol. The van der Waals surface area contributed by atoms with Crippen LogP contribution < -0.4 is 10.0 Å². The first kappa shape index (κ1) is 19.4. The Bertz CT molecular complexity index is 663. The normalized spacial score (nSPS) is 13.6. The Morgan fingerprint density at radius 1 is 1.30 bits per heavy atom. The molecule has 0 saturated heterocycles. The van der Waals surface area contributed by atoms with Crippen LogP contribution in [0.3, 0.4) is 0 Å². The molecule has 1 atom stereocenters. The Morgan fingerprint density at radius 2 is 1.91 bits per heavy atom. The van der Waals surface area contributed by atoms with Crippen LogP contribution in [0.25, 0.3) is 0 Å². The predicted octanol–water partition coefficient (Wildman–Crippen LogP) is 3.06.